The van der Waals surface area contributed by atoms with Crippen molar-refractivity contribution in [2.75, 3.05) is 11.9 Å². The number of para-hydroxylation sites is 1. The summed E-state index contributed by atoms with van der Waals surface area (Å²) < 4.78 is 0. The van der Waals surface area contributed by atoms with Crippen LogP contribution in [-0.4, -0.2) is 32.7 Å². The number of anilines is 1. The fourth-order valence-electron chi connectivity index (χ4n) is 3.07. The van der Waals surface area contributed by atoms with Crippen LogP contribution in [0.15, 0.2) is 79.1 Å². The van der Waals surface area contributed by atoms with Gasteiger partial charge in [0.2, 0.25) is 0 Å². The van der Waals surface area contributed by atoms with Gasteiger partial charge in [0.25, 0.3) is 0 Å². The lowest BCUT2D eigenvalue weighted by Gasteiger charge is -2.19. The van der Waals surface area contributed by atoms with E-state index in [0.717, 1.165) is 27.8 Å². The number of fused-ring (bicyclic) bond motifs is 1. The van der Waals surface area contributed by atoms with E-state index in [-0.39, 0.29) is 12.6 Å². The Hall–Kier alpha value is -3.31. The van der Waals surface area contributed by atoms with Crippen molar-refractivity contribution in [3.63, 3.8) is 0 Å². The predicted octanol–water partition coefficient (Wildman–Crippen LogP) is 3.71. The number of nitrogens with zero attached hydrogens (tertiary/aromatic N) is 3. The van der Waals surface area contributed by atoms with Gasteiger partial charge < -0.3 is 10.4 Å². The van der Waals surface area contributed by atoms with Crippen LogP contribution in [-0.2, 0) is 6.42 Å². The molecule has 0 saturated heterocycles. The Bertz CT molecular complexity index is 1020. The van der Waals surface area contributed by atoms with Gasteiger partial charge in [-0.1, -0.05) is 42.5 Å². The number of hydrogen-bond acceptors (Lipinski definition) is 5. The quantitative estimate of drug-likeness (QED) is 0.551. The Morgan fingerprint density at radius 3 is 2.37 bits per heavy atom. The molecule has 0 bridgehead atoms. The topological polar surface area (TPSA) is 70.9 Å². The third-order valence-corrected chi connectivity index (χ3v) is 4.43. The molecule has 2 aromatic carbocycles. The number of hydrogen-bond donors (Lipinski definition) is 2. The zero-order valence-corrected chi connectivity index (χ0v) is 14.8. The first-order valence-electron chi connectivity index (χ1n) is 8.92. The van der Waals surface area contributed by atoms with E-state index in [9.17, 15) is 5.11 Å². The number of aliphatic hydroxyl groups is 1. The molecule has 134 valence electrons. The van der Waals surface area contributed by atoms with Crippen LogP contribution in [0.5, 0.6) is 0 Å². The van der Waals surface area contributed by atoms with Crippen molar-refractivity contribution in [3.05, 3.63) is 84.7 Å². The summed E-state index contributed by atoms with van der Waals surface area (Å²) in [5, 5.41) is 14.2. The van der Waals surface area contributed by atoms with Crippen molar-refractivity contribution in [1.29, 1.82) is 0 Å². The van der Waals surface area contributed by atoms with Gasteiger partial charge in [-0.25, -0.2) is 9.97 Å². The average molecular weight is 356 g/mol. The minimum atomic E-state index is -0.143. The molecule has 0 radical (unpaired) electrons. The lowest BCUT2D eigenvalue weighted by Crippen LogP contribution is -2.27. The van der Waals surface area contributed by atoms with Crippen LogP contribution < -0.4 is 5.32 Å². The first-order chi connectivity index (χ1) is 13.3. The van der Waals surface area contributed by atoms with Gasteiger partial charge in [0, 0.05) is 23.3 Å². The Balaban J connectivity index is 1.71. The Morgan fingerprint density at radius 2 is 1.59 bits per heavy atom. The zero-order chi connectivity index (χ0) is 18.5. The highest BCUT2D eigenvalue weighted by Gasteiger charge is 2.14. The van der Waals surface area contributed by atoms with Crippen LogP contribution in [0.25, 0.3) is 22.3 Å². The normalized spacial score (nSPS) is 12.0. The minimum Gasteiger partial charge on any atom is -0.394 e. The Labute approximate surface area is 157 Å². The monoisotopic (exact) mass is 356 g/mol. The highest BCUT2D eigenvalue weighted by Crippen LogP contribution is 2.25. The fraction of sp³-hybridized carbons (Fsp3) is 0.136. The summed E-state index contributed by atoms with van der Waals surface area (Å²) in [6.45, 7) is 0.0117. The zero-order valence-electron chi connectivity index (χ0n) is 14.8. The number of aliphatic hydroxyl groups excluding tert-OH is 1. The van der Waals surface area contributed by atoms with Crippen molar-refractivity contribution in [2.24, 2.45) is 0 Å². The van der Waals surface area contributed by atoms with Crippen LogP contribution in [0.2, 0.25) is 0 Å². The van der Waals surface area contributed by atoms with Gasteiger partial charge >= 0.3 is 0 Å². The van der Waals surface area contributed by atoms with Crippen molar-refractivity contribution in [3.8, 4) is 11.4 Å². The average Bonchev–Trinajstić information content (AvgIpc) is 2.74. The van der Waals surface area contributed by atoms with Gasteiger partial charge in [0.1, 0.15) is 5.82 Å². The molecule has 0 aliphatic rings. The van der Waals surface area contributed by atoms with Crippen LogP contribution in [0.4, 0.5) is 5.82 Å². The van der Waals surface area contributed by atoms with Gasteiger partial charge in [0.05, 0.1) is 18.2 Å². The van der Waals surface area contributed by atoms with Crippen molar-refractivity contribution in [2.45, 2.75) is 12.5 Å². The predicted molar refractivity (Wildman–Crippen MR) is 107 cm³/mol. The maximum Gasteiger partial charge on any atom is 0.162 e. The lowest BCUT2D eigenvalue weighted by molar-refractivity contribution is 0.273. The highest BCUT2D eigenvalue weighted by molar-refractivity contribution is 5.90. The molecular formula is C22H20N4O. The minimum absolute atomic E-state index is 0.0117. The molecule has 5 heteroatoms. The third-order valence-electron chi connectivity index (χ3n) is 4.43. The summed E-state index contributed by atoms with van der Waals surface area (Å²) in [5.41, 5.74) is 2.93. The van der Waals surface area contributed by atoms with Crippen LogP contribution in [0.3, 0.4) is 0 Å². The second kappa shape index (κ2) is 7.93. The lowest BCUT2D eigenvalue weighted by atomic mass is 10.1. The summed E-state index contributed by atoms with van der Waals surface area (Å²) in [5.74, 6) is 1.36. The van der Waals surface area contributed by atoms with Gasteiger partial charge in [-0.15, -0.1) is 0 Å². The molecule has 2 aromatic heterocycles. The van der Waals surface area contributed by atoms with Gasteiger partial charge in [0.15, 0.2) is 5.82 Å². The molecular weight excluding hydrogens is 336 g/mol. The van der Waals surface area contributed by atoms with Crippen molar-refractivity contribution in [1.82, 2.24) is 15.0 Å². The summed E-state index contributed by atoms with van der Waals surface area (Å²) in [6.07, 6.45) is 4.17. The summed E-state index contributed by atoms with van der Waals surface area (Å²) >= 11 is 0. The van der Waals surface area contributed by atoms with E-state index in [1.54, 1.807) is 12.4 Å². The molecule has 0 fully saturated rings. The number of aromatic nitrogens is 3. The standard InChI is InChI=1S/C22H20N4O/c27-15-18(14-16-6-2-1-3-7-16)24-22-19-8-4-5-9-20(19)25-21(26-22)17-10-12-23-13-11-17/h1-13,18,27H,14-15H2,(H,24,25,26)/t18-/m1/s1. The maximum absolute atomic E-state index is 9.89. The first-order valence-corrected chi connectivity index (χ1v) is 8.92. The number of nitrogens with one attached hydrogen (secondary N) is 1. The molecule has 0 aliphatic heterocycles. The molecule has 1 atom stereocenters. The SMILES string of the molecule is OC[C@@H](Cc1ccccc1)Nc1nc(-c2ccncc2)nc2ccccc12. The maximum atomic E-state index is 9.89. The second-order valence-corrected chi connectivity index (χ2v) is 6.36. The van der Waals surface area contributed by atoms with E-state index in [1.807, 2.05) is 54.6 Å². The Morgan fingerprint density at radius 1 is 0.852 bits per heavy atom. The third kappa shape index (κ3) is 3.93. The summed E-state index contributed by atoms with van der Waals surface area (Å²) in [6, 6.07) is 21.6. The molecule has 4 rings (SSSR count). The molecule has 0 spiro atoms. The molecule has 0 amide bonds. The van der Waals surface area contributed by atoms with Gasteiger partial charge in [-0.05, 0) is 36.2 Å². The molecule has 2 N–H and O–H groups in total. The highest BCUT2D eigenvalue weighted by atomic mass is 16.3. The molecule has 0 saturated carbocycles. The van der Waals surface area contributed by atoms with E-state index >= 15 is 0 Å². The van der Waals surface area contributed by atoms with Gasteiger partial charge in [-0.3, -0.25) is 4.98 Å². The molecule has 5 nitrogen and oxygen atoms in total. The molecule has 0 unspecified atom stereocenters. The fourth-order valence-corrected chi connectivity index (χ4v) is 3.07. The summed E-state index contributed by atoms with van der Waals surface area (Å²) in [4.78, 5) is 13.5. The smallest absolute Gasteiger partial charge is 0.162 e. The van der Waals surface area contributed by atoms with Gasteiger partial charge in [-0.2, -0.15) is 0 Å². The Kier molecular flexibility index (Phi) is 5.03. The summed E-state index contributed by atoms with van der Waals surface area (Å²) in [7, 11) is 0. The number of benzene rings is 2. The number of pyridine rings is 1. The van der Waals surface area contributed by atoms with Crippen molar-refractivity contribution < 1.29 is 5.11 Å². The van der Waals surface area contributed by atoms with Crippen LogP contribution >= 0.6 is 0 Å². The second-order valence-electron chi connectivity index (χ2n) is 6.36. The van der Waals surface area contributed by atoms with Crippen molar-refractivity contribution >= 4 is 16.7 Å². The van der Waals surface area contributed by atoms with E-state index in [1.165, 1.54) is 0 Å². The number of rotatable bonds is 6. The largest absolute Gasteiger partial charge is 0.394 e. The molecule has 2 heterocycles. The molecule has 27 heavy (non-hydrogen) atoms. The van der Waals surface area contributed by atoms with E-state index in [2.05, 4.69) is 27.4 Å². The van der Waals surface area contributed by atoms with E-state index in [0.29, 0.717) is 12.2 Å². The van der Waals surface area contributed by atoms with E-state index in [4.69, 9.17) is 4.98 Å². The van der Waals surface area contributed by atoms with E-state index < -0.39 is 0 Å². The first kappa shape index (κ1) is 17.1. The van der Waals surface area contributed by atoms with Crippen LogP contribution in [0.1, 0.15) is 5.56 Å². The molecule has 4 aromatic rings. The van der Waals surface area contributed by atoms with Crippen LogP contribution in [0, 0.1) is 0 Å². The molecule has 0 aliphatic carbocycles.